The van der Waals surface area contributed by atoms with Gasteiger partial charge < -0.3 is 30.1 Å². The molecule has 0 radical (unpaired) electrons. The van der Waals surface area contributed by atoms with E-state index in [1.165, 1.54) is 19.2 Å². The molecule has 3 amide bonds. The van der Waals surface area contributed by atoms with E-state index < -0.39 is 6.04 Å². The van der Waals surface area contributed by atoms with Crippen molar-refractivity contribution in [3.8, 4) is 22.8 Å². The van der Waals surface area contributed by atoms with Crippen molar-refractivity contribution < 1.29 is 19.1 Å². The number of piperidine rings is 3. The standard InChI is InChI=1S/C44H48N10O4/c45-41-39-40(29-6-9-35(10-7-29)58-34-4-2-1-3-5-34)49-54(42(39)47-27-46-41)32-16-20-51(21-17-32)31-14-18-50(19-15-31)23-28-24-52(25-28)33-8-11-36-30(22-33)26-53(44(36)57)37-12-13-38(55)48-43(37)56/h1-11,22,27-28,31-32,37H,12-21,23-26H2,(H2,45,46,47)(H,48,55,56). The Balaban J connectivity index is 0.705. The third kappa shape index (κ3) is 6.93. The quantitative estimate of drug-likeness (QED) is 0.197. The van der Waals surface area contributed by atoms with Crippen LogP contribution in [0.1, 0.15) is 60.5 Å². The number of fused-ring (bicyclic) bond motifs is 2. The van der Waals surface area contributed by atoms with Crippen molar-refractivity contribution in [2.45, 2.75) is 63.2 Å². The first-order chi connectivity index (χ1) is 28.3. The fraction of sp³-hybridized carbons (Fsp3) is 0.409. The topological polar surface area (TPSA) is 155 Å². The van der Waals surface area contributed by atoms with E-state index in [0.29, 0.717) is 36.3 Å². The number of rotatable bonds is 9. The summed E-state index contributed by atoms with van der Waals surface area (Å²) >= 11 is 0. The summed E-state index contributed by atoms with van der Waals surface area (Å²) in [6.07, 6.45) is 6.56. The molecule has 0 aliphatic carbocycles. The largest absolute Gasteiger partial charge is 0.457 e. The van der Waals surface area contributed by atoms with Crippen LogP contribution in [-0.4, -0.2) is 110 Å². The van der Waals surface area contributed by atoms with Gasteiger partial charge in [0.15, 0.2) is 5.65 Å². The summed E-state index contributed by atoms with van der Waals surface area (Å²) in [4.78, 5) is 55.6. The van der Waals surface area contributed by atoms with Crippen LogP contribution >= 0.6 is 0 Å². The summed E-state index contributed by atoms with van der Waals surface area (Å²) < 4.78 is 8.11. The molecule has 0 bridgehead atoms. The van der Waals surface area contributed by atoms with E-state index in [1.54, 1.807) is 4.90 Å². The van der Waals surface area contributed by atoms with Crippen LogP contribution in [0.15, 0.2) is 79.1 Å². The van der Waals surface area contributed by atoms with Crippen molar-refractivity contribution in [3.05, 3.63) is 90.3 Å². The van der Waals surface area contributed by atoms with Gasteiger partial charge >= 0.3 is 0 Å². The minimum absolute atomic E-state index is 0.125. The van der Waals surface area contributed by atoms with Gasteiger partial charge in [-0.05, 0) is 105 Å². The number of hydrogen-bond donors (Lipinski definition) is 2. The second-order valence-electron chi connectivity index (χ2n) is 16.5. The van der Waals surface area contributed by atoms with Gasteiger partial charge in [0.2, 0.25) is 11.8 Å². The van der Waals surface area contributed by atoms with Gasteiger partial charge in [0.05, 0.1) is 11.4 Å². The van der Waals surface area contributed by atoms with Crippen molar-refractivity contribution >= 4 is 40.3 Å². The lowest BCUT2D eigenvalue weighted by Gasteiger charge is -2.46. The molecule has 3 aromatic carbocycles. The third-order valence-electron chi connectivity index (χ3n) is 12.9. The number of ether oxygens (including phenoxy) is 1. The van der Waals surface area contributed by atoms with Gasteiger partial charge in [-0.3, -0.25) is 19.7 Å². The average molecular weight is 781 g/mol. The van der Waals surface area contributed by atoms with Gasteiger partial charge in [-0.2, -0.15) is 5.10 Å². The molecule has 10 rings (SSSR count). The summed E-state index contributed by atoms with van der Waals surface area (Å²) in [5.74, 6) is 1.84. The predicted octanol–water partition coefficient (Wildman–Crippen LogP) is 4.87. The minimum atomic E-state index is -0.588. The second kappa shape index (κ2) is 15.1. The molecular formula is C44H48N10O4. The lowest BCUT2D eigenvalue weighted by molar-refractivity contribution is -0.136. The molecule has 3 N–H and O–H groups in total. The van der Waals surface area contributed by atoms with E-state index in [-0.39, 0.29) is 30.2 Å². The molecular weight excluding hydrogens is 733 g/mol. The van der Waals surface area contributed by atoms with Crippen LogP contribution < -0.4 is 20.7 Å². The summed E-state index contributed by atoms with van der Waals surface area (Å²) in [5, 5.41) is 8.32. The van der Waals surface area contributed by atoms with E-state index in [9.17, 15) is 14.4 Å². The number of hydrogen-bond acceptors (Lipinski definition) is 11. The number of carbonyl (C=O) groups excluding carboxylic acids is 3. The normalized spacial score (nSPS) is 21.4. The smallest absolute Gasteiger partial charge is 0.255 e. The highest BCUT2D eigenvalue weighted by Crippen LogP contribution is 2.37. The van der Waals surface area contributed by atoms with Crippen molar-refractivity contribution in [2.75, 3.05) is 56.4 Å². The van der Waals surface area contributed by atoms with Crippen LogP contribution in [0.5, 0.6) is 11.5 Å². The number of imide groups is 1. The molecule has 0 saturated carbocycles. The van der Waals surface area contributed by atoms with Crippen molar-refractivity contribution in [3.63, 3.8) is 0 Å². The molecule has 2 aromatic heterocycles. The Labute approximate surface area is 336 Å². The summed E-state index contributed by atoms with van der Waals surface area (Å²) in [5.41, 5.74) is 11.7. The molecule has 58 heavy (non-hydrogen) atoms. The highest BCUT2D eigenvalue weighted by Gasteiger charge is 2.40. The fourth-order valence-corrected chi connectivity index (χ4v) is 9.74. The number of nitrogen functional groups attached to an aromatic ring is 1. The molecule has 14 nitrogen and oxygen atoms in total. The van der Waals surface area contributed by atoms with Gasteiger partial charge in [-0.1, -0.05) is 18.2 Å². The Kier molecular flexibility index (Phi) is 9.52. The number of anilines is 2. The number of likely N-dealkylation sites (tertiary alicyclic amines) is 2. The fourth-order valence-electron chi connectivity index (χ4n) is 9.74. The van der Waals surface area contributed by atoms with Gasteiger partial charge in [0.25, 0.3) is 5.91 Å². The third-order valence-corrected chi connectivity index (χ3v) is 12.9. The van der Waals surface area contributed by atoms with Crippen molar-refractivity contribution in [1.29, 1.82) is 0 Å². The first-order valence-corrected chi connectivity index (χ1v) is 20.7. The number of carbonyl (C=O) groups is 3. The van der Waals surface area contributed by atoms with Crippen molar-refractivity contribution in [1.82, 2.24) is 39.8 Å². The Hall–Kier alpha value is -5.86. The van der Waals surface area contributed by atoms with Gasteiger partial charge in [-0.15, -0.1) is 0 Å². The SMILES string of the molecule is Nc1ncnc2c1c(-c1ccc(Oc3ccccc3)cc1)nn2C1CCN(C2CCN(CC3CN(c4ccc5c(c4)CN(C4CCC(=O)NC4=O)C5=O)C3)CC2)CC1. The molecule has 4 fully saturated rings. The van der Waals surface area contributed by atoms with E-state index in [2.05, 4.69) is 40.7 Å². The minimum Gasteiger partial charge on any atom is -0.457 e. The molecule has 5 aromatic rings. The Morgan fingerprint density at radius 1 is 0.810 bits per heavy atom. The maximum absolute atomic E-state index is 13.1. The van der Waals surface area contributed by atoms with Crippen LogP contribution in [0.4, 0.5) is 11.5 Å². The van der Waals surface area contributed by atoms with Gasteiger partial charge in [0, 0.05) is 74.5 Å². The van der Waals surface area contributed by atoms with Crippen LogP contribution in [0.2, 0.25) is 0 Å². The molecule has 4 saturated heterocycles. The zero-order valence-electron chi connectivity index (χ0n) is 32.5. The summed E-state index contributed by atoms with van der Waals surface area (Å²) in [6, 6.07) is 24.0. The number of amides is 3. The number of aromatic nitrogens is 4. The molecule has 1 unspecified atom stereocenters. The maximum atomic E-state index is 13.1. The van der Waals surface area contributed by atoms with Gasteiger partial charge in [-0.25, -0.2) is 14.6 Å². The first-order valence-electron chi connectivity index (χ1n) is 20.7. The van der Waals surface area contributed by atoms with E-state index in [4.69, 9.17) is 15.6 Å². The molecule has 7 heterocycles. The highest BCUT2D eigenvalue weighted by atomic mass is 16.5. The van der Waals surface area contributed by atoms with Crippen LogP contribution in [0, 0.1) is 5.92 Å². The molecule has 298 valence electrons. The van der Waals surface area contributed by atoms with Crippen LogP contribution in [0.3, 0.4) is 0 Å². The number of benzene rings is 3. The molecule has 14 heteroatoms. The lowest BCUT2D eigenvalue weighted by Crippen LogP contribution is -2.54. The zero-order chi connectivity index (χ0) is 39.3. The predicted molar refractivity (Wildman–Crippen MR) is 219 cm³/mol. The molecule has 0 spiro atoms. The van der Waals surface area contributed by atoms with E-state index in [1.807, 2.05) is 66.7 Å². The van der Waals surface area contributed by atoms with E-state index in [0.717, 1.165) is 104 Å². The molecule has 5 aliphatic rings. The Morgan fingerprint density at radius 3 is 2.31 bits per heavy atom. The number of nitrogens with one attached hydrogen (secondary N) is 1. The summed E-state index contributed by atoms with van der Waals surface area (Å²) in [6.45, 7) is 7.84. The van der Waals surface area contributed by atoms with Crippen LogP contribution in [-0.2, 0) is 16.1 Å². The Bertz CT molecular complexity index is 2350. The van der Waals surface area contributed by atoms with Gasteiger partial charge in [0.1, 0.15) is 35.4 Å². The lowest BCUT2D eigenvalue weighted by atomic mass is 9.94. The second-order valence-corrected chi connectivity index (χ2v) is 16.5. The average Bonchev–Trinajstić information content (AvgIpc) is 3.78. The number of nitrogens with two attached hydrogens (primary N) is 1. The van der Waals surface area contributed by atoms with E-state index >= 15 is 0 Å². The van der Waals surface area contributed by atoms with Crippen LogP contribution in [0.25, 0.3) is 22.3 Å². The highest BCUT2D eigenvalue weighted by molar-refractivity contribution is 6.05. The van der Waals surface area contributed by atoms with Crippen molar-refractivity contribution in [2.24, 2.45) is 5.92 Å². The number of nitrogens with zero attached hydrogens (tertiary/aromatic N) is 8. The summed E-state index contributed by atoms with van der Waals surface area (Å²) in [7, 11) is 0. The zero-order valence-corrected chi connectivity index (χ0v) is 32.5. The maximum Gasteiger partial charge on any atom is 0.255 e. The first kappa shape index (κ1) is 36.5. The Morgan fingerprint density at radius 2 is 1.55 bits per heavy atom. The molecule has 5 aliphatic heterocycles. The monoisotopic (exact) mass is 780 g/mol. The number of para-hydroxylation sites is 1. The molecule has 1 atom stereocenters.